The van der Waals surface area contributed by atoms with E-state index in [4.69, 9.17) is 4.74 Å². The van der Waals surface area contributed by atoms with Gasteiger partial charge in [0.15, 0.2) is 17.7 Å². The molecule has 0 saturated carbocycles. The normalized spacial score (nSPS) is 13.7. The standard InChI is InChI=1S/C15H22FNO3/c1-5-17(6-2)15(19)11(4)20-14-8-7-12(10(3)18)9-13(14)16/h7-11,18H,5-6H2,1-4H3. The zero-order chi connectivity index (χ0) is 15.3. The summed E-state index contributed by atoms with van der Waals surface area (Å²) in [5.74, 6) is -0.737. The van der Waals surface area contributed by atoms with Crippen LogP contribution in [0.5, 0.6) is 5.75 Å². The van der Waals surface area contributed by atoms with E-state index < -0.39 is 18.0 Å². The summed E-state index contributed by atoms with van der Waals surface area (Å²) >= 11 is 0. The molecule has 1 rings (SSSR count). The summed E-state index contributed by atoms with van der Waals surface area (Å²) in [4.78, 5) is 13.7. The Bertz CT molecular complexity index is 458. The molecule has 0 aliphatic carbocycles. The molecule has 1 amide bonds. The highest BCUT2D eigenvalue weighted by molar-refractivity contribution is 5.80. The SMILES string of the molecule is CCN(CC)C(=O)C(C)Oc1ccc(C(C)O)cc1F. The van der Waals surface area contributed by atoms with Crippen LogP contribution in [0.4, 0.5) is 4.39 Å². The van der Waals surface area contributed by atoms with E-state index >= 15 is 0 Å². The molecule has 0 radical (unpaired) electrons. The Morgan fingerprint density at radius 3 is 2.40 bits per heavy atom. The van der Waals surface area contributed by atoms with Gasteiger partial charge in [-0.15, -0.1) is 0 Å². The molecule has 1 N–H and O–H groups in total. The molecule has 2 atom stereocenters. The number of benzene rings is 1. The topological polar surface area (TPSA) is 49.8 Å². The van der Waals surface area contributed by atoms with Gasteiger partial charge in [0.2, 0.25) is 0 Å². The second kappa shape index (κ2) is 7.24. The second-order valence-corrected chi connectivity index (χ2v) is 4.64. The van der Waals surface area contributed by atoms with Crippen LogP contribution in [0.1, 0.15) is 39.4 Å². The lowest BCUT2D eigenvalue weighted by molar-refractivity contribution is -0.137. The Balaban J connectivity index is 2.80. The first-order valence-corrected chi connectivity index (χ1v) is 6.83. The number of halogens is 1. The Kier molecular flexibility index (Phi) is 5.95. The molecular weight excluding hydrogens is 261 g/mol. The van der Waals surface area contributed by atoms with Gasteiger partial charge in [-0.2, -0.15) is 0 Å². The number of aliphatic hydroxyl groups excluding tert-OH is 1. The third-order valence-corrected chi connectivity index (χ3v) is 3.16. The highest BCUT2D eigenvalue weighted by Crippen LogP contribution is 2.23. The van der Waals surface area contributed by atoms with E-state index in [0.717, 1.165) is 0 Å². The number of amides is 1. The van der Waals surface area contributed by atoms with Crippen LogP contribution in [0.2, 0.25) is 0 Å². The van der Waals surface area contributed by atoms with Crippen molar-refractivity contribution in [3.8, 4) is 5.75 Å². The van der Waals surface area contributed by atoms with Gasteiger partial charge in [0.1, 0.15) is 0 Å². The number of carbonyl (C=O) groups excluding carboxylic acids is 1. The number of rotatable bonds is 6. The predicted octanol–water partition coefficient (Wildman–Crippen LogP) is 2.51. The number of aliphatic hydroxyl groups is 1. The van der Waals surface area contributed by atoms with Crippen molar-refractivity contribution in [3.05, 3.63) is 29.6 Å². The molecule has 112 valence electrons. The van der Waals surface area contributed by atoms with Gasteiger partial charge in [0, 0.05) is 13.1 Å². The van der Waals surface area contributed by atoms with Crippen LogP contribution >= 0.6 is 0 Å². The predicted molar refractivity (Wildman–Crippen MR) is 75.1 cm³/mol. The average molecular weight is 283 g/mol. The minimum Gasteiger partial charge on any atom is -0.478 e. The molecule has 0 spiro atoms. The lowest BCUT2D eigenvalue weighted by atomic mass is 10.1. The van der Waals surface area contributed by atoms with E-state index in [1.54, 1.807) is 24.8 Å². The summed E-state index contributed by atoms with van der Waals surface area (Å²) in [6.45, 7) is 8.10. The molecule has 0 fully saturated rings. The van der Waals surface area contributed by atoms with Crippen molar-refractivity contribution in [1.82, 2.24) is 4.90 Å². The molecule has 4 nitrogen and oxygen atoms in total. The van der Waals surface area contributed by atoms with E-state index in [1.165, 1.54) is 12.1 Å². The van der Waals surface area contributed by atoms with Crippen molar-refractivity contribution in [1.29, 1.82) is 0 Å². The molecular formula is C15H22FNO3. The first-order valence-electron chi connectivity index (χ1n) is 6.83. The van der Waals surface area contributed by atoms with Crippen LogP contribution in [-0.2, 0) is 4.79 Å². The molecule has 2 unspecified atom stereocenters. The van der Waals surface area contributed by atoms with Gasteiger partial charge in [-0.05, 0) is 45.4 Å². The molecule has 0 heterocycles. The molecule has 0 bridgehead atoms. The van der Waals surface area contributed by atoms with Gasteiger partial charge in [-0.3, -0.25) is 4.79 Å². The van der Waals surface area contributed by atoms with E-state index in [-0.39, 0.29) is 11.7 Å². The van der Waals surface area contributed by atoms with Crippen LogP contribution in [0.25, 0.3) is 0 Å². The summed E-state index contributed by atoms with van der Waals surface area (Å²) in [5.41, 5.74) is 0.470. The lowest BCUT2D eigenvalue weighted by Gasteiger charge is -2.23. The Labute approximate surface area is 119 Å². The van der Waals surface area contributed by atoms with Crippen molar-refractivity contribution in [3.63, 3.8) is 0 Å². The van der Waals surface area contributed by atoms with Gasteiger partial charge >= 0.3 is 0 Å². The number of hydrogen-bond acceptors (Lipinski definition) is 3. The fourth-order valence-corrected chi connectivity index (χ4v) is 1.91. The molecule has 0 saturated heterocycles. The fourth-order valence-electron chi connectivity index (χ4n) is 1.91. The van der Waals surface area contributed by atoms with Crippen molar-refractivity contribution in [2.75, 3.05) is 13.1 Å². The minimum atomic E-state index is -0.748. The maximum Gasteiger partial charge on any atom is 0.263 e. The average Bonchev–Trinajstić information content (AvgIpc) is 2.41. The number of likely N-dealkylation sites (N-methyl/N-ethyl adjacent to an activating group) is 1. The monoisotopic (exact) mass is 283 g/mol. The van der Waals surface area contributed by atoms with Crippen molar-refractivity contribution in [2.45, 2.75) is 39.9 Å². The largest absolute Gasteiger partial charge is 0.478 e. The third kappa shape index (κ3) is 3.93. The van der Waals surface area contributed by atoms with Crippen LogP contribution < -0.4 is 4.74 Å². The number of carbonyl (C=O) groups is 1. The van der Waals surface area contributed by atoms with E-state index in [0.29, 0.717) is 18.7 Å². The zero-order valence-electron chi connectivity index (χ0n) is 12.4. The van der Waals surface area contributed by atoms with Crippen LogP contribution in [0.15, 0.2) is 18.2 Å². The summed E-state index contributed by atoms with van der Waals surface area (Å²) < 4.78 is 19.2. The Morgan fingerprint density at radius 1 is 1.35 bits per heavy atom. The van der Waals surface area contributed by atoms with Crippen LogP contribution in [0, 0.1) is 5.82 Å². The lowest BCUT2D eigenvalue weighted by Crippen LogP contribution is -2.40. The maximum atomic E-state index is 13.8. The molecule has 0 aliphatic heterocycles. The summed E-state index contributed by atoms with van der Waals surface area (Å²) in [5, 5.41) is 9.38. The molecule has 1 aromatic rings. The van der Waals surface area contributed by atoms with Crippen LogP contribution in [-0.4, -0.2) is 35.1 Å². The smallest absolute Gasteiger partial charge is 0.263 e. The summed E-state index contributed by atoms with van der Waals surface area (Å²) in [6.07, 6.45) is -1.49. The zero-order valence-corrected chi connectivity index (χ0v) is 12.4. The number of hydrogen-bond donors (Lipinski definition) is 1. The second-order valence-electron chi connectivity index (χ2n) is 4.64. The Morgan fingerprint density at radius 2 is 1.95 bits per heavy atom. The summed E-state index contributed by atoms with van der Waals surface area (Å²) in [7, 11) is 0. The molecule has 5 heteroatoms. The van der Waals surface area contributed by atoms with Crippen molar-refractivity contribution in [2.24, 2.45) is 0 Å². The first-order chi connectivity index (χ1) is 9.40. The van der Waals surface area contributed by atoms with Crippen LogP contribution in [0.3, 0.4) is 0 Å². The van der Waals surface area contributed by atoms with E-state index in [2.05, 4.69) is 0 Å². The number of nitrogens with zero attached hydrogens (tertiary/aromatic N) is 1. The van der Waals surface area contributed by atoms with E-state index in [1.807, 2.05) is 13.8 Å². The quantitative estimate of drug-likeness (QED) is 0.872. The third-order valence-electron chi connectivity index (χ3n) is 3.16. The van der Waals surface area contributed by atoms with Gasteiger partial charge < -0.3 is 14.7 Å². The van der Waals surface area contributed by atoms with E-state index in [9.17, 15) is 14.3 Å². The van der Waals surface area contributed by atoms with Gasteiger partial charge in [-0.25, -0.2) is 4.39 Å². The van der Waals surface area contributed by atoms with Crippen molar-refractivity contribution >= 4 is 5.91 Å². The first kappa shape index (κ1) is 16.4. The maximum absolute atomic E-state index is 13.8. The van der Waals surface area contributed by atoms with Gasteiger partial charge in [-0.1, -0.05) is 6.07 Å². The Hall–Kier alpha value is -1.62. The fraction of sp³-hybridized carbons (Fsp3) is 0.533. The molecule has 0 aliphatic rings. The van der Waals surface area contributed by atoms with Gasteiger partial charge in [0.05, 0.1) is 6.10 Å². The highest BCUT2D eigenvalue weighted by atomic mass is 19.1. The molecule has 1 aromatic carbocycles. The highest BCUT2D eigenvalue weighted by Gasteiger charge is 2.21. The summed E-state index contributed by atoms with van der Waals surface area (Å²) in [6, 6.07) is 4.23. The molecule has 20 heavy (non-hydrogen) atoms. The van der Waals surface area contributed by atoms with Gasteiger partial charge in [0.25, 0.3) is 5.91 Å². The van der Waals surface area contributed by atoms with Crippen molar-refractivity contribution < 1.29 is 19.0 Å². The minimum absolute atomic E-state index is 0.0161. The molecule has 0 aromatic heterocycles. The number of ether oxygens (including phenoxy) is 1.